The van der Waals surface area contributed by atoms with Gasteiger partial charge in [-0.05, 0) is 37.6 Å². The molecule has 4 nitrogen and oxygen atoms in total. The summed E-state index contributed by atoms with van der Waals surface area (Å²) < 4.78 is 5.75. The number of unbranched alkanes of at least 4 members (excludes halogenated alkanes) is 3. The van der Waals surface area contributed by atoms with E-state index in [4.69, 9.17) is 4.74 Å². The highest BCUT2D eigenvalue weighted by atomic mass is 16.5. The van der Waals surface area contributed by atoms with Crippen LogP contribution in [-0.4, -0.2) is 19.1 Å². The summed E-state index contributed by atoms with van der Waals surface area (Å²) in [7, 11) is 0. The first-order valence-electron chi connectivity index (χ1n) is 9.00. The van der Waals surface area contributed by atoms with Crippen molar-refractivity contribution >= 4 is 17.3 Å². The zero-order valence-electron chi connectivity index (χ0n) is 15.2. The molecule has 0 spiro atoms. The Balaban J connectivity index is 1.76. The molecule has 0 saturated heterocycles. The van der Waals surface area contributed by atoms with Gasteiger partial charge in [0.2, 0.25) is 5.91 Å². The van der Waals surface area contributed by atoms with Crippen molar-refractivity contribution in [3.8, 4) is 5.75 Å². The lowest BCUT2D eigenvalue weighted by molar-refractivity contribution is -0.114. The molecule has 0 fully saturated rings. The predicted molar refractivity (Wildman–Crippen MR) is 104 cm³/mol. The van der Waals surface area contributed by atoms with E-state index in [1.807, 2.05) is 55.5 Å². The Labute approximate surface area is 150 Å². The maximum absolute atomic E-state index is 12.1. The molecule has 0 aliphatic carbocycles. The molecule has 0 bridgehead atoms. The lowest BCUT2D eigenvalue weighted by Crippen LogP contribution is -2.21. The molecule has 1 amide bonds. The topological polar surface area (TPSA) is 50.4 Å². The SMILES string of the molecule is CCCCCCOc1cccc(NC(=O)CNc2ccc(C)cc2)c1. The second-order valence-corrected chi connectivity index (χ2v) is 6.20. The second kappa shape index (κ2) is 10.4. The number of ether oxygens (including phenoxy) is 1. The van der Waals surface area contributed by atoms with Gasteiger partial charge >= 0.3 is 0 Å². The van der Waals surface area contributed by atoms with Crippen LogP contribution in [0.3, 0.4) is 0 Å². The molecular weight excluding hydrogens is 312 g/mol. The van der Waals surface area contributed by atoms with Crippen molar-refractivity contribution in [3.05, 3.63) is 54.1 Å². The summed E-state index contributed by atoms with van der Waals surface area (Å²) in [6, 6.07) is 15.5. The standard InChI is InChI=1S/C21H28N2O2/c1-3-4-5-6-14-25-20-9-7-8-19(15-20)23-21(24)16-22-18-12-10-17(2)11-13-18/h7-13,15,22H,3-6,14,16H2,1-2H3,(H,23,24). The molecule has 4 heteroatoms. The van der Waals surface area contributed by atoms with Crippen LogP contribution in [0.1, 0.15) is 38.2 Å². The number of nitrogens with one attached hydrogen (secondary N) is 2. The van der Waals surface area contributed by atoms with Gasteiger partial charge in [0.25, 0.3) is 0 Å². The van der Waals surface area contributed by atoms with Gasteiger partial charge in [-0.25, -0.2) is 0 Å². The van der Waals surface area contributed by atoms with Gasteiger partial charge in [0.05, 0.1) is 13.2 Å². The molecule has 0 unspecified atom stereocenters. The van der Waals surface area contributed by atoms with Gasteiger partial charge in [0, 0.05) is 17.4 Å². The Bertz CT molecular complexity index is 653. The third kappa shape index (κ3) is 7.29. The van der Waals surface area contributed by atoms with Gasteiger partial charge in [0.1, 0.15) is 5.75 Å². The summed E-state index contributed by atoms with van der Waals surface area (Å²) in [5.74, 6) is 0.710. The third-order valence-electron chi connectivity index (χ3n) is 3.89. The van der Waals surface area contributed by atoms with E-state index in [-0.39, 0.29) is 12.5 Å². The molecule has 2 rings (SSSR count). The predicted octanol–water partition coefficient (Wildman–Crippen LogP) is 5.00. The molecule has 0 aromatic heterocycles. The summed E-state index contributed by atoms with van der Waals surface area (Å²) in [5.41, 5.74) is 2.88. The molecule has 0 aliphatic rings. The van der Waals surface area contributed by atoms with Crippen molar-refractivity contribution < 1.29 is 9.53 Å². The van der Waals surface area contributed by atoms with Crippen LogP contribution in [-0.2, 0) is 4.79 Å². The Morgan fingerprint density at radius 3 is 2.56 bits per heavy atom. The summed E-state index contributed by atoms with van der Waals surface area (Å²) in [6.45, 7) is 5.17. The molecule has 25 heavy (non-hydrogen) atoms. The molecule has 134 valence electrons. The first kappa shape index (κ1) is 18.8. The minimum absolute atomic E-state index is 0.0827. The first-order valence-corrected chi connectivity index (χ1v) is 9.00. The molecule has 0 aliphatic heterocycles. The number of hydrogen-bond donors (Lipinski definition) is 2. The molecule has 2 N–H and O–H groups in total. The minimum Gasteiger partial charge on any atom is -0.494 e. The maximum atomic E-state index is 12.1. The van der Waals surface area contributed by atoms with Crippen molar-refractivity contribution in [2.75, 3.05) is 23.8 Å². The first-order chi connectivity index (χ1) is 12.2. The number of anilines is 2. The average Bonchev–Trinajstić information content (AvgIpc) is 2.61. The van der Waals surface area contributed by atoms with Gasteiger partial charge in [-0.3, -0.25) is 4.79 Å². The van der Waals surface area contributed by atoms with Crippen molar-refractivity contribution in [1.82, 2.24) is 0 Å². The second-order valence-electron chi connectivity index (χ2n) is 6.20. The van der Waals surface area contributed by atoms with Gasteiger partial charge in [-0.15, -0.1) is 0 Å². The fourth-order valence-electron chi connectivity index (χ4n) is 2.44. The largest absolute Gasteiger partial charge is 0.494 e. The Morgan fingerprint density at radius 2 is 1.80 bits per heavy atom. The summed E-state index contributed by atoms with van der Waals surface area (Å²) in [4.78, 5) is 12.1. The average molecular weight is 340 g/mol. The quantitative estimate of drug-likeness (QED) is 0.598. The normalized spacial score (nSPS) is 10.3. The summed E-state index contributed by atoms with van der Waals surface area (Å²) >= 11 is 0. The highest BCUT2D eigenvalue weighted by molar-refractivity contribution is 5.93. The summed E-state index contributed by atoms with van der Waals surface area (Å²) in [5, 5.41) is 6.01. The van der Waals surface area contributed by atoms with Crippen LogP contribution in [0.4, 0.5) is 11.4 Å². The van der Waals surface area contributed by atoms with E-state index < -0.39 is 0 Å². The van der Waals surface area contributed by atoms with E-state index in [1.54, 1.807) is 0 Å². The number of hydrogen-bond acceptors (Lipinski definition) is 3. The van der Waals surface area contributed by atoms with Gasteiger partial charge in [-0.1, -0.05) is 49.9 Å². The highest BCUT2D eigenvalue weighted by Crippen LogP contribution is 2.18. The Morgan fingerprint density at radius 1 is 1.00 bits per heavy atom. The lowest BCUT2D eigenvalue weighted by Gasteiger charge is -2.10. The monoisotopic (exact) mass is 340 g/mol. The molecule has 0 saturated carbocycles. The van der Waals surface area contributed by atoms with Crippen molar-refractivity contribution in [2.24, 2.45) is 0 Å². The molecule has 0 radical (unpaired) electrons. The highest BCUT2D eigenvalue weighted by Gasteiger charge is 2.04. The molecular formula is C21H28N2O2. The van der Waals surface area contributed by atoms with Crippen molar-refractivity contribution in [1.29, 1.82) is 0 Å². The van der Waals surface area contributed by atoms with Gasteiger partial charge in [0.15, 0.2) is 0 Å². The Hall–Kier alpha value is -2.49. The third-order valence-corrected chi connectivity index (χ3v) is 3.89. The lowest BCUT2D eigenvalue weighted by atomic mass is 10.2. The number of carbonyl (C=O) groups excluding carboxylic acids is 1. The van der Waals surface area contributed by atoms with E-state index >= 15 is 0 Å². The maximum Gasteiger partial charge on any atom is 0.243 e. The smallest absolute Gasteiger partial charge is 0.243 e. The van der Waals surface area contributed by atoms with E-state index in [2.05, 4.69) is 17.6 Å². The van der Waals surface area contributed by atoms with E-state index in [0.717, 1.165) is 23.5 Å². The molecule has 2 aromatic rings. The number of benzene rings is 2. The Kier molecular flexibility index (Phi) is 7.83. The fourth-order valence-corrected chi connectivity index (χ4v) is 2.44. The zero-order chi connectivity index (χ0) is 17.9. The van der Waals surface area contributed by atoms with Crippen LogP contribution in [0.15, 0.2) is 48.5 Å². The number of rotatable bonds is 10. The molecule has 0 atom stereocenters. The number of aryl methyl sites for hydroxylation is 1. The zero-order valence-corrected chi connectivity index (χ0v) is 15.2. The van der Waals surface area contributed by atoms with Crippen LogP contribution in [0.2, 0.25) is 0 Å². The van der Waals surface area contributed by atoms with Crippen LogP contribution in [0.25, 0.3) is 0 Å². The molecule has 2 aromatic carbocycles. The minimum atomic E-state index is -0.0827. The fraction of sp³-hybridized carbons (Fsp3) is 0.381. The van der Waals surface area contributed by atoms with Crippen LogP contribution in [0, 0.1) is 6.92 Å². The van der Waals surface area contributed by atoms with Gasteiger partial charge in [-0.2, -0.15) is 0 Å². The molecule has 0 heterocycles. The van der Waals surface area contributed by atoms with Crippen molar-refractivity contribution in [3.63, 3.8) is 0 Å². The number of carbonyl (C=O) groups is 1. The van der Waals surface area contributed by atoms with E-state index in [1.165, 1.54) is 24.8 Å². The summed E-state index contributed by atoms with van der Waals surface area (Å²) in [6.07, 6.45) is 4.72. The van der Waals surface area contributed by atoms with Crippen LogP contribution < -0.4 is 15.4 Å². The van der Waals surface area contributed by atoms with Crippen LogP contribution >= 0.6 is 0 Å². The van der Waals surface area contributed by atoms with E-state index in [9.17, 15) is 4.79 Å². The van der Waals surface area contributed by atoms with Crippen molar-refractivity contribution in [2.45, 2.75) is 39.5 Å². The number of amides is 1. The van der Waals surface area contributed by atoms with Crippen LogP contribution in [0.5, 0.6) is 5.75 Å². The van der Waals surface area contributed by atoms with Gasteiger partial charge < -0.3 is 15.4 Å². The van der Waals surface area contributed by atoms with E-state index in [0.29, 0.717) is 6.61 Å².